The second kappa shape index (κ2) is 5.75. The summed E-state index contributed by atoms with van der Waals surface area (Å²) in [7, 11) is 0. The molecule has 3 nitrogen and oxygen atoms in total. The van der Waals surface area contributed by atoms with Crippen LogP contribution in [0, 0.1) is 0 Å². The Morgan fingerprint density at radius 3 is 3.15 bits per heavy atom. The molecule has 0 radical (unpaired) electrons. The molecular weight excluding hydrogens is 166 g/mol. The first-order valence-electron chi connectivity index (χ1n) is 4.88. The number of carbonyl (C=O) groups is 1. The van der Waals surface area contributed by atoms with Crippen molar-refractivity contribution < 1.29 is 9.53 Å². The summed E-state index contributed by atoms with van der Waals surface area (Å²) in [6.07, 6.45) is 6.75. The number of ether oxygens (including phenoxy) is 1. The zero-order valence-corrected chi connectivity index (χ0v) is 8.08. The lowest BCUT2D eigenvalue weighted by molar-refractivity contribution is -0.142. The topological polar surface area (TPSA) is 38.3 Å². The van der Waals surface area contributed by atoms with Crippen molar-refractivity contribution in [3.8, 4) is 0 Å². The number of carbonyl (C=O) groups excluding carboxylic acids is 1. The number of hydrogen-bond donors (Lipinski definition) is 1. The van der Waals surface area contributed by atoms with Crippen LogP contribution < -0.4 is 5.32 Å². The van der Waals surface area contributed by atoms with E-state index in [1.807, 2.05) is 13.0 Å². The summed E-state index contributed by atoms with van der Waals surface area (Å²) in [5, 5.41) is 3.32. The van der Waals surface area contributed by atoms with Gasteiger partial charge in [0.25, 0.3) is 0 Å². The monoisotopic (exact) mass is 183 g/mol. The number of hydrogen-bond acceptors (Lipinski definition) is 3. The van der Waals surface area contributed by atoms with Crippen molar-refractivity contribution in [3.63, 3.8) is 0 Å². The van der Waals surface area contributed by atoms with Gasteiger partial charge in [-0.05, 0) is 26.3 Å². The highest BCUT2D eigenvalue weighted by atomic mass is 16.5. The van der Waals surface area contributed by atoms with Gasteiger partial charge < -0.3 is 10.1 Å². The minimum absolute atomic E-state index is 0.142. The fraction of sp³-hybridized carbons (Fsp3) is 0.700. The summed E-state index contributed by atoms with van der Waals surface area (Å²) in [6.45, 7) is 3.38. The highest BCUT2D eigenvalue weighted by molar-refractivity contribution is 5.71. The molecule has 0 aromatic heterocycles. The molecule has 74 valence electrons. The van der Waals surface area contributed by atoms with E-state index in [0.29, 0.717) is 19.1 Å². The van der Waals surface area contributed by atoms with Crippen LogP contribution in [0.25, 0.3) is 0 Å². The van der Waals surface area contributed by atoms with E-state index >= 15 is 0 Å². The maximum Gasteiger partial charge on any atom is 0.309 e. The van der Waals surface area contributed by atoms with Crippen LogP contribution in [-0.4, -0.2) is 25.2 Å². The highest BCUT2D eigenvalue weighted by Gasteiger charge is 2.09. The van der Waals surface area contributed by atoms with Gasteiger partial charge in [-0.25, -0.2) is 0 Å². The molecule has 1 fully saturated rings. The van der Waals surface area contributed by atoms with Crippen molar-refractivity contribution in [1.29, 1.82) is 0 Å². The third-order valence-corrected chi connectivity index (χ3v) is 2.06. The molecule has 1 heterocycles. The van der Waals surface area contributed by atoms with Crippen LogP contribution in [0.3, 0.4) is 0 Å². The van der Waals surface area contributed by atoms with Crippen molar-refractivity contribution in [1.82, 2.24) is 5.32 Å². The lowest BCUT2D eigenvalue weighted by atomic mass is 10.2. The maximum absolute atomic E-state index is 10.9. The van der Waals surface area contributed by atoms with Gasteiger partial charge in [-0.1, -0.05) is 12.2 Å². The first-order valence-corrected chi connectivity index (χ1v) is 4.88. The van der Waals surface area contributed by atoms with Crippen LogP contribution in [0.4, 0.5) is 0 Å². The summed E-state index contributed by atoms with van der Waals surface area (Å²) in [5.74, 6) is -0.142. The highest BCUT2D eigenvalue weighted by Crippen LogP contribution is 2.06. The number of nitrogens with one attached hydrogen (secondary N) is 1. The van der Waals surface area contributed by atoms with Crippen molar-refractivity contribution in [2.24, 2.45) is 0 Å². The summed E-state index contributed by atoms with van der Waals surface area (Å²) in [6, 6.07) is 0.467. The number of esters is 1. The van der Waals surface area contributed by atoms with Crippen molar-refractivity contribution >= 4 is 5.97 Å². The van der Waals surface area contributed by atoms with E-state index in [0.717, 1.165) is 6.54 Å². The van der Waals surface area contributed by atoms with Crippen molar-refractivity contribution in [2.45, 2.75) is 32.2 Å². The van der Waals surface area contributed by atoms with Crippen molar-refractivity contribution in [3.05, 3.63) is 12.2 Å². The van der Waals surface area contributed by atoms with Gasteiger partial charge >= 0.3 is 5.97 Å². The molecule has 1 saturated heterocycles. The molecule has 1 unspecified atom stereocenters. The molecule has 0 aromatic rings. The Morgan fingerprint density at radius 2 is 2.54 bits per heavy atom. The largest absolute Gasteiger partial charge is 0.466 e. The van der Waals surface area contributed by atoms with Gasteiger partial charge in [0.2, 0.25) is 0 Å². The molecule has 13 heavy (non-hydrogen) atoms. The molecule has 1 rings (SSSR count). The molecule has 3 heteroatoms. The van der Waals surface area contributed by atoms with Crippen LogP contribution in [0.1, 0.15) is 26.2 Å². The predicted molar refractivity (Wildman–Crippen MR) is 51.4 cm³/mol. The minimum atomic E-state index is -0.142. The second-order valence-corrected chi connectivity index (χ2v) is 3.14. The van der Waals surface area contributed by atoms with E-state index in [-0.39, 0.29) is 5.97 Å². The van der Waals surface area contributed by atoms with E-state index in [4.69, 9.17) is 4.74 Å². The molecule has 0 saturated carbocycles. The van der Waals surface area contributed by atoms with E-state index in [2.05, 4.69) is 11.4 Å². The second-order valence-electron chi connectivity index (χ2n) is 3.14. The average Bonchev–Trinajstić information content (AvgIpc) is 2.57. The minimum Gasteiger partial charge on any atom is -0.466 e. The summed E-state index contributed by atoms with van der Waals surface area (Å²) in [4.78, 5) is 10.9. The Balaban J connectivity index is 2.12. The van der Waals surface area contributed by atoms with Gasteiger partial charge in [0.05, 0.1) is 13.0 Å². The third-order valence-electron chi connectivity index (χ3n) is 2.06. The maximum atomic E-state index is 10.9. The summed E-state index contributed by atoms with van der Waals surface area (Å²) < 4.78 is 4.80. The summed E-state index contributed by atoms with van der Waals surface area (Å²) in [5.41, 5.74) is 0. The van der Waals surface area contributed by atoms with Gasteiger partial charge in [0.15, 0.2) is 0 Å². The number of rotatable bonds is 4. The summed E-state index contributed by atoms with van der Waals surface area (Å²) >= 11 is 0. The van der Waals surface area contributed by atoms with E-state index in [1.54, 1.807) is 0 Å². The SMILES string of the molecule is CCOC(=O)C/C=C/C1CCCN1. The van der Waals surface area contributed by atoms with Crippen LogP contribution >= 0.6 is 0 Å². The lowest BCUT2D eigenvalue weighted by Crippen LogP contribution is -2.18. The normalized spacial score (nSPS) is 22.4. The molecule has 1 aliphatic rings. The van der Waals surface area contributed by atoms with Crippen LogP contribution in [0.5, 0.6) is 0 Å². The molecule has 0 bridgehead atoms. The van der Waals surface area contributed by atoms with E-state index < -0.39 is 0 Å². The van der Waals surface area contributed by atoms with Gasteiger partial charge in [-0.2, -0.15) is 0 Å². The first-order chi connectivity index (χ1) is 6.33. The quantitative estimate of drug-likeness (QED) is 0.526. The molecule has 0 aromatic carbocycles. The first kappa shape index (κ1) is 10.3. The van der Waals surface area contributed by atoms with Gasteiger partial charge in [0, 0.05) is 6.04 Å². The Hall–Kier alpha value is -0.830. The van der Waals surface area contributed by atoms with Gasteiger partial charge in [-0.15, -0.1) is 0 Å². The van der Waals surface area contributed by atoms with Crippen LogP contribution in [0.2, 0.25) is 0 Å². The predicted octanol–water partition coefficient (Wildman–Crippen LogP) is 1.25. The van der Waals surface area contributed by atoms with Crippen LogP contribution in [0.15, 0.2) is 12.2 Å². The van der Waals surface area contributed by atoms with Gasteiger partial charge in [-0.3, -0.25) is 4.79 Å². The molecule has 1 N–H and O–H groups in total. The Labute approximate surface area is 79.2 Å². The molecule has 0 amide bonds. The Morgan fingerprint density at radius 1 is 1.69 bits per heavy atom. The molecule has 1 atom stereocenters. The Kier molecular flexibility index (Phi) is 4.54. The van der Waals surface area contributed by atoms with E-state index in [9.17, 15) is 4.79 Å². The average molecular weight is 183 g/mol. The zero-order valence-electron chi connectivity index (χ0n) is 8.08. The van der Waals surface area contributed by atoms with Crippen molar-refractivity contribution in [2.75, 3.05) is 13.2 Å². The Bertz CT molecular complexity index is 183. The lowest BCUT2D eigenvalue weighted by Gasteiger charge is -2.01. The molecule has 1 aliphatic heterocycles. The smallest absolute Gasteiger partial charge is 0.309 e. The third kappa shape index (κ3) is 4.08. The standard InChI is InChI=1S/C10H17NO2/c1-2-13-10(12)7-3-5-9-6-4-8-11-9/h3,5,9,11H,2,4,6-8H2,1H3/b5-3+. The molecular formula is C10H17NO2. The van der Waals surface area contributed by atoms with Crippen LogP contribution in [-0.2, 0) is 9.53 Å². The van der Waals surface area contributed by atoms with Gasteiger partial charge in [0.1, 0.15) is 0 Å². The molecule has 0 spiro atoms. The fourth-order valence-electron chi connectivity index (χ4n) is 1.42. The van der Waals surface area contributed by atoms with E-state index in [1.165, 1.54) is 12.8 Å². The zero-order chi connectivity index (χ0) is 9.52. The molecule has 0 aliphatic carbocycles. The fourth-order valence-corrected chi connectivity index (χ4v) is 1.42.